The monoisotopic (exact) mass is 370 g/mol. The van der Waals surface area contributed by atoms with Crippen LogP contribution in [-0.2, 0) is 0 Å². The fourth-order valence-corrected chi connectivity index (χ4v) is 3.74. The van der Waals surface area contributed by atoms with E-state index in [4.69, 9.17) is 11.6 Å². The normalized spacial score (nSPS) is 10.4. The number of benzene rings is 2. The summed E-state index contributed by atoms with van der Waals surface area (Å²) in [5.41, 5.74) is 2.62. The molecule has 0 aliphatic heterocycles. The van der Waals surface area contributed by atoms with Gasteiger partial charge in [0.25, 0.3) is 0 Å². The van der Waals surface area contributed by atoms with Gasteiger partial charge in [0.2, 0.25) is 0 Å². The van der Waals surface area contributed by atoms with Gasteiger partial charge in [0.1, 0.15) is 0 Å². The van der Waals surface area contributed by atoms with Crippen LogP contribution in [0.25, 0.3) is 16.1 Å². The van der Waals surface area contributed by atoms with Crippen LogP contribution in [0.4, 0.5) is 5.69 Å². The Morgan fingerprint density at radius 2 is 1.88 bits per heavy atom. The van der Waals surface area contributed by atoms with Crippen molar-refractivity contribution in [3.63, 3.8) is 0 Å². The molecule has 0 radical (unpaired) electrons. The molecule has 1 aromatic heterocycles. The van der Waals surface area contributed by atoms with Gasteiger partial charge in [-0.1, -0.05) is 42.4 Å². The van der Waals surface area contributed by atoms with E-state index < -0.39 is 0 Å². The summed E-state index contributed by atoms with van der Waals surface area (Å²) < 4.78 is 0. The molecule has 0 atom stereocenters. The number of hydrogen-bond acceptors (Lipinski definition) is 4. The van der Waals surface area contributed by atoms with Crippen LogP contribution in [0.15, 0.2) is 77.2 Å². The topological polar surface area (TPSA) is 15.6 Å². The Kier molecular flexibility index (Phi) is 5.09. The minimum absolute atomic E-state index is 0.602. The maximum atomic E-state index is 6.27. The van der Waals surface area contributed by atoms with E-state index in [1.54, 1.807) is 16.3 Å². The van der Waals surface area contributed by atoms with Gasteiger partial charge < -0.3 is 0 Å². The molecule has 0 spiro atoms. The van der Waals surface area contributed by atoms with Crippen molar-refractivity contribution in [2.24, 2.45) is 5.10 Å². The Morgan fingerprint density at radius 3 is 2.58 bits per heavy atom. The standard InChI is InChI=1S/C19H15ClN2S2/c1-13(22(21-2)17-9-4-3-8-16(17)20)18-10-11-19(24-18)14-6-5-7-15(23)12-14/h3-12,23H,1-2H2. The van der Waals surface area contributed by atoms with Crippen molar-refractivity contribution >= 4 is 53.7 Å². The number of anilines is 1. The van der Waals surface area contributed by atoms with Gasteiger partial charge >= 0.3 is 0 Å². The van der Waals surface area contributed by atoms with E-state index in [0.717, 1.165) is 31.6 Å². The van der Waals surface area contributed by atoms with E-state index in [0.29, 0.717) is 5.02 Å². The summed E-state index contributed by atoms with van der Waals surface area (Å²) in [7, 11) is 0. The van der Waals surface area contributed by atoms with Gasteiger partial charge in [-0.3, -0.25) is 0 Å². The molecular weight excluding hydrogens is 356 g/mol. The molecule has 0 unspecified atom stereocenters. The Balaban J connectivity index is 1.93. The van der Waals surface area contributed by atoms with Crippen LogP contribution in [0.3, 0.4) is 0 Å². The summed E-state index contributed by atoms with van der Waals surface area (Å²) in [6.45, 7) is 7.82. The number of halogens is 1. The molecule has 0 saturated heterocycles. The van der Waals surface area contributed by atoms with Gasteiger partial charge in [-0.2, -0.15) is 5.10 Å². The minimum atomic E-state index is 0.602. The van der Waals surface area contributed by atoms with E-state index in [1.807, 2.05) is 48.5 Å². The number of hydrazone groups is 1. The molecule has 1 heterocycles. The second kappa shape index (κ2) is 7.26. The molecule has 0 fully saturated rings. The first kappa shape index (κ1) is 16.8. The maximum absolute atomic E-state index is 6.27. The maximum Gasteiger partial charge on any atom is 0.0838 e. The summed E-state index contributed by atoms with van der Waals surface area (Å²) >= 11 is 12.3. The van der Waals surface area contributed by atoms with Gasteiger partial charge in [-0.05, 0) is 42.0 Å². The molecule has 3 rings (SSSR count). The molecule has 2 nitrogen and oxygen atoms in total. The quantitative estimate of drug-likeness (QED) is 0.310. The molecule has 0 N–H and O–H groups in total. The molecule has 0 saturated carbocycles. The molecule has 0 amide bonds. The number of para-hydroxylation sites is 1. The highest BCUT2D eigenvalue weighted by molar-refractivity contribution is 7.80. The largest absolute Gasteiger partial charge is 0.232 e. The average Bonchev–Trinajstić information content (AvgIpc) is 3.07. The lowest BCUT2D eigenvalue weighted by Gasteiger charge is -2.21. The van der Waals surface area contributed by atoms with E-state index in [2.05, 4.69) is 43.2 Å². The highest BCUT2D eigenvalue weighted by Crippen LogP contribution is 2.37. The van der Waals surface area contributed by atoms with Crippen LogP contribution >= 0.6 is 35.6 Å². The van der Waals surface area contributed by atoms with Crippen molar-refractivity contribution in [2.45, 2.75) is 4.90 Å². The molecule has 24 heavy (non-hydrogen) atoms. The van der Waals surface area contributed by atoms with Gasteiger partial charge in [0.05, 0.1) is 21.3 Å². The first-order valence-electron chi connectivity index (χ1n) is 7.20. The predicted molar refractivity (Wildman–Crippen MR) is 110 cm³/mol. The summed E-state index contributed by atoms with van der Waals surface area (Å²) in [5.74, 6) is 0. The van der Waals surface area contributed by atoms with Gasteiger partial charge in [0, 0.05) is 16.5 Å². The van der Waals surface area contributed by atoms with Crippen molar-refractivity contribution in [1.29, 1.82) is 0 Å². The number of nitrogens with zero attached hydrogens (tertiary/aromatic N) is 2. The first-order valence-corrected chi connectivity index (χ1v) is 8.84. The van der Waals surface area contributed by atoms with E-state index in [9.17, 15) is 0 Å². The molecule has 0 aliphatic carbocycles. The van der Waals surface area contributed by atoms with Crippen molar-refractivity contribution in [1.82, 2.24) is 0 Å². The minimum Gasteiger partial charge on any atom is -0.232 e. The SMILES string of the molecule is C=NN(C(=C)c1ccc(-c2cccc(S)c2)s1)c1ccccc1Cl. The average molecular weight is 371 g/mol. The lowest BCUT2D eigenvalue weighted by Crippen LogP contribution is -2.12. The fourth-order valence-electron chi connectivity index (χ4n) is 2.34. The zero-order valence-corrected chi connectivity index (χ0v) is 15.3. The van der Waals surface area contributed by atoms with Crippen molar-refractivity contribution in [3.8, 4) is 10.4 Å². The summed E-state index contributed by atoms with van der Waals surface area (Å²) in [6.07, 6.45) is 0. The van der Waals surface area contributed by atoms with Crippen LogP contribution < -0.4 is 5.01 Å². The zero-order valence-electron chi connectivity index (χ0n) is 12.8. The van der Waals surface area contributed by atoms with Crippen molar-refractivity contribution in [3.05, 3.63) is 77.1 Å². The van der Waals surface area contributed by atoms with Crippen LogP contribution in [0, 0.1) is 0 Å². The highest BCUT2D eigenvalue weighted by atomic mass is 35.5. The zero-order chi connectivity index (χ0) is 17.1. The summed E-state index contributed by atoms with van der Waals surface area (Å²) in [5, 5.41) is 6.35. The second-order valence-electron chi connectivity index (χ2n) is 5.07. The third-order valence-electron chi connectivity index (χ3n) is 3.50. The molecular formula is C19H15ClN2S2. The Hall–Kier alpha value is -2.01. The summed E-state index contributed by atoms with van der Waals surface area (Å²) in [6, 6.07) is 19.7. The van der Waals surface area contributed by atoms with Crippen LogP contribution in [0.1, 0.15) is 4.88 Å². The third kappa shape index (κ3) is 3.41. The van der Waals surface area contributed by atoms with Crippen LogP contribution in [0.5, 0.6) is 0 Å². The number of rotatable bonds is 5. The molecule has 0 bridgehead atoms. The molecule has 2 aromatic carbocycles. The number of thiophene rings is 1. The third-order valence-corrected chi connectivity index (χ3v) is 5.28. The first-order chi connectivity index (χ1) is 11.6. The number of hydrogen-bond donors (Lipinski definition) is 1. The lowest BCUT2D eigenvalue weighted by atomic mass is 10.2. The van der Waals surface area contributed by atoms with E-state index in [-0.39, 0.29) is 0 Å². The Bertz CT molecular complexity index is 902. The van der Waals surface area contributed by atoms with Gasteiger partial charge in [-0.25, -0.2) is 5.01 Å². The molecule has 5 heteroatoms. The van der Waals surface area contributed by atoms with Gasteiger partial charge in [-0.15, -0.1) is 24.0 Å². The van der Waals surface area contributed by atoms with E-state index in [1.165, 1.54) is 0 Å². The predicted octanol–water partition coefficient (Wildman–Crippen LogP) is 6.45. The molecule has 0 aliphatic rings. The molecule has 3 aromatic rings. The smallest absolute Gasteiger partial charge is 0.0838 e. The second-order valence-corrected chi connectivity index (χ2v) is 7.07. The highest BCUT2D eigenvalue weighted by Gasteiger charge is 2.15. The van der Waals surface area contributed by atoms with E-state index >= 15 is 0 Å². The Morgan fingerprint density at radius 1 is 1.08 bits per heavy atom. The van der Waals surface area contributed by atoms with Crippen molar-refractivity contribution in [2.75, 3.05) is 5.01 Å². The van der Waals surface area contributed by atoms with Crippen LogP contribution in [0.2, 0.25) is 5.02 Å². The lowest BCUT2D eigenvalue weighted by molar-refractivity contribution is 1.12. The summed E-state index contributed by atoms with van der Waals surface area (Å²) in [4.78, 5) is 3.08. The van der Waals surface area contributed by atoms with Crippen LogP contribution in [-0.4, -0.2) is 6.72 Å². The Labute approximate surface area is 156 Å². The van der Waals surface area contributed by atoms with Crippen molar-refractivity contribution < 1.29 is 0 Å². The van der Waals surface area contributed by atoms with Gasteiger partial charge in [0.15, 0.2) is 0 Å². The number of thiol groups is 1. The molecule has 120 valence electrons. The fraction of sp³-hybridized carbons (Fsp3) is 0.